The largest absolute Gasteiger partial charge is 0.446 e. The Kier molecular flexibility index (Phi) is 5.25. The summed E-state index contributed by atoms with van der Waals surface area (Å²) in [7, 11) is 1.04. The Morgan fingerprint density at radius 1 is 1.14 bits per heavy atom. The minimum atomic E-state index is -4.76. The normalized spacial score (nSPS) is 11.3. The molecule has 1 heterocycles. The van der Waals surface area contributed by atoms with Gasteiger partial charge in [0.05, 0.1) is 4.92 Å². The van der Waals surface area contributed by atoms with Crippen molar-refractivity contribution in [2.24, 2.45) is 7.05 Å². The monoisotopic (exact) mass is 428 g/mol. The molecule has 0 saturated heterocycles. The molecule has 2 aromatic carbocycles. The first-order chi connectivity index (χ1) is 13.6. The van der Waals surface area contributed by atoms with Crippen molar-refractivity contribution in [1.82, 2.24) is 9.78 Å². The third-order valence-corrected chi connectivity index (χ3v) is 3.98. The molecule has 3 aromatic rings. The molecular weight excluding hydrogens is 419 g/mol. The Bertz CT molecular complexity index is 1080. The smallest absolute Gasteiger partial charge is 0.434 e. The van der Waals surface area contributed by atoms with Crippen molar-refractivity contribution >= 4 is 17.3 Å². The second kappa shape index (κ2) is 7.51. The van der Waals surface area contributed by atoms with Crippen molar-refractivity contribution in [3.05, 3.63) is 63.3 Å². The highest BCUT2D eigenvalue weighted by Crippen LogP contribution is 2.42. The van der Waals surface area contributed by atoms with Gasteiger partial charge in [0.15, 0.2) is 11.4 Å². The van der Waals surface area contributed by atoms with E-state index in [2.05, 4.69) is 5.10 Å². The molecule has 0 atom stereocenters. The minimum absolute atomic E-state index is 0.136. The molecule has 0 spiro atoms. The molecule has 0 N–H and O–H groups in total. The number of alkyl halides is 3. The van der Waals surface area contributed by atoms with E-state index in [9.17, 15) is 28.4 Å². The van der Waals surface area contributed by atoms with Crippen LogP contribution < -0.4 is 9.47 Å². The number of para-hydroxylation sites is 2. The lowest BCUT2D eigenvalue weighted by Gasteiger charge is -2.09. The fraction of sp³-hybridized carbons (Fsp3) is 0.118. The first-order valence-corrected chi connectivity index (χ1v) is 8.15. The number of nitrogens with zero attached hydrogens (tertiary/aromatic N) is 3. The molecule has 1 radical (unpaired) electrons. The summed E-state index contributed by atoms with van der Waals surface area (Å²) < 4.78 is 50.2. The molecule has 8 nitrogen and oxygen atoms in total. The predicted molar refractivity (Wildman–Crippen MR) is 93.0 cm³/mol. The summed E-state index contributed by atoms with van der Waals surface area (Å²) in [5.74, 6) is -1.73. The summed E-state index contributed by atoms with van der Waals surface area (Å²) in [6.07, 6.45) is -4.76. The molecular formula is C17H10ClF3N3O5. The fourth-order valence-electron chi connectivity index (χ4n) is 2.40. The molecule has 29 heavy (non-hydrogen) atoms. The van der Waals surface area contributed by atoms with Crippen molar-refractivity contribution in [3.63, 3.8) is 0 Å². The van der Waals surface area contributed by atoms with Crippen LogP contribution in [-0.2, 0) is 18.3 Å². The first-order valence-electron chi connectivity index (χ1n) is 7.78. The molecule has 1 aromatic heterocycles. The molecule has 0 bridgehead atoms. The molecule has 0 fully saturated rings. The molecule has 3 rings (SSSR count). The van der Waals surface area contributed by atoms with E-state index in [1.54, 1.807) is 0 Å². The lowest BCUT2D eigenvalue weighted by atomic mass is 10.2. The zero-order valence-electron chi connectivity index (χ0n) is 14.4. The van der Waals surface area contributed by atoms with Gasteiger partial charge in [0, 0.05) is 19.2 Å². The van der Waals surface area contributed by atoms with Gasteiger partial charge < -0.3 is 9.47 Å². The summed E-state index contributed by atoms with van der Waals surface area (Å²) in [6, 6.07) is 8.66. The van der Waals surface area contributed by atoms with Gasteiger partial charge in [-0.05, 0) is 18.2 Å². The number of hydrogen-bond donors (Lipinski definition) is 0. The number of benzene rings is 2. The van der Waals surface area contributed by atoms with Gasteiger partial charge in [-0.15, -0.1) is 5.10 Å². The summed E-state index contributed by atoms with van der Waals surface area (Å²) in [5.41, 5.74) is -1.70. The van der Waals surface area contributed by atoms with Crippen molar-refractivity contribution in [2.75, 3.05) is 0 Å². The average Bonchev–Trinajstić information content (AvgIpc) is 2.90. The molecule has 0 unspecified atom stereocenters. The maximum absolute atomic E-state index is 13.0. The Labute approximate surface area is 165 Å². The number of nitro benzene ring substituents is 1. The van der Waals surface area contributed by atoms with E-state index in [1.165, 1.54) is 24.3 Å². The zero-order valence-corrected chi connectivity index (χ0v) is 15.2. The van der Waals surface area contributed by atoms with Crippen LogP contribution in [0.5, 0.6) is 28.9 Å². The fourth-order valence-corrected chi connectivity index (χ4v) is 2.71. The van der Waals surface area contributed by atoms with Crippen molar-refractivity contribution in [3.8, 4) is 28.9 Å². The van der Waals surface area contributed by atoms with E-state index in [0.29, 0.717) is 4.68 Å². The Hall–Kier alpha value is -3.47. The molecule has 0 aliphatic rings. The maximum Gasteiger partial charge on any atom is 0.434 e. The first kappa shape index (κ1) is 20.3. The molecule has 0 aliphatic heterocycles. The van der Waals surface area contributed by atoms with Crippen molar-refractivity contribution in [2.45, 2.75) is 6.18 Å². The van der Waals surface area contributed by atoms with Crippen LogP contribution >= 0.6 is 11.6 Å². The van der Waals surface area contributed by atoms with Crippen LogP contribution in [0.3, 0.4) is 0 Å². The Morgan fingerprint density at radius 3 is 2.41 bits per heavy atom. The van der Waals surface area contributed by atoms with E-state index in [-0.39, 0.29) is 17.2 Å². The Morgan fingerprint density at radius 2 is 1.83 bits per heavy atom. The quantitative estimate of drug-likeness (QED) is 0.381. The lowest BCUT2D eigenvalue weighted by Crippen LogP contribution is -2.12. The highest BCUT2D eigenvalue weighted by Gasteiger charge is 2.39. The van der Waals surface area contributed by atoms with Gasteiger partial charge in [-0.2, -0.15) is 13.2 Å². The number of aryl methyl sites for hydroxylation is 1. The van der Waals surface area contributed by atoms with Crippen molar-refractivity contribution < 1.29 is 32.7 Å². The lowest BCUT2D eigenvalue weighted by molar-refractivity contribution is -0.385. The topological polar surface area (TPSA) is 99.3 Å². The van der Waals surface area contributed by atoms with Crippen LogP contribution in [0.4, 0.5) is 18.9 Å². The number of halogens is 4. The standard InChI is InChI=1S/C17H10ClF3N3O5/c1-23-15(17(19,20)21)14(18)16(22-23)28-9-6-7-10(24(26)27)13(8-9)29-12-5-3-2-4-11(12)25/h2-8H,1H3. The number of rotatable bonds is 5. The van der Waals surface area contributed by atoms with Crippen LogP contribution in [0.15, 0.2) is 42.5 Å². The van der Waals surface area contributed by atoms with Gasteiger partial charge >= 0.3 is 11.9 Å². The van der Waals surface area contributed by atoms with Gasteiger partial charge in [-0.1, -0.05) is 23.7 Å². The van der Waals surface area contributed by atoms with Gasteiger partial charge in [0.2, 0.25) is 11.5 Å². The molecule has 0 amide bonds. The number of hydrogen-bond acceptors (Lipinski definition) is 5. The van der Waals surface area contributed by atoms with Crippen molar-refractivity contribution in [1.29, 1.82) is 0 Å². The second-order valence-electron chi connectivity index (χ2n) is 5.63. The average molecular weight is 429 g/mol. The molecule has 151 valence electrons. The minimum Gasteiger partial charge on any atom is -0.446 e. The number of ether oxygens (including phenoxy) is 2. The number of nitro groups is 1. The van der Waals surface area contributed by atoms with Crippen LogP contribution in [0.1, 0.15) is 5.69 Å². The van der Waals surface area contributed by atoms with Gasteiger partial charge in [-0.25, -0.2) is 0 Å². The zero-order chi connectivity index (χ0) is 21.3. The summed E-state index contributed by atoms with van der Waals surface area (Å²) in [4.78, 5) is 10.5. The highest BCUT2D eigenvalue weighted by atomic mass is 35.5. The van der Waals surface area contributed by atoms with E-state index < -0.39 is 39.1 Å². The molecule has 12 heteroatoms. The summed E-state index contributed by atoms with van der Waals surface area (Å²) in [5, 5.41) is 25.8. The van der Waals surface area contributed by atoms with Crippen LogP contribution in [0.2, 0.25) is 5.02 Å². The van der Waals surface area contributed by atoms with Gasteiger partial charge in [-0.3, -0.25) is 19.9 Å². The van der Waals surface area contributed by atoms with Gasteiger partial charge in [0.25, 0.3) is 5.88 Å². The van der Waals surface area contributed by atoms with Crippen LogP contribution in [0.25, 0.3) is 0 Å². The maximum atomic E-state index is 13.0. The molecule has 0 aliphatic carbocycles. The third-order valence-electron chi connectivity index (χ3n) is 3.64. The third kappa shape index (κ3) is 4.19. The Balaban J connectivity index is 1.98. The SMILES string of the molecule is Cn1nc(Oc2ccc([N+](=O)[O-])c(Oc3ccccc3[O])c2)c(Cl)c1C(F)(F)F. The predicted octanol–water partition coefficient (Wildman–Crippen LogP) is 5.73. The summed E-state index contributed by atoms with van der Waals surface area (Å²) in [6.45, 7) is 0. The van der Waals surface area contributed by atoms with Crippen LogP contribution in [0, 0.1) is 10.1 Å². The number of aromatic nitrogens is 2. The van der Waals surface area contributed by atoms with Gasteiger partial charge in [0.1, 0.15) is 10.8 Å². The second-order valence-corrected chi connectivity index (χ2v) is 6.00. The highest BCUT2D eigenvalue weighted by molar-refractivity contribution is 6.32. The van der Waals surface area contributed by atoms with E-state index in [0.717, 1.165) is 25.2 Å². The van der Waals surface area contributed by atoms with E-state index in [4.69, 9.17) is 21.1 Å². The van der Waals surface area contributed by atoms with E-state index in [1.807, 2.05) is 0 Å². The summed E-state index contributed by atoms with van der Waals surface area (Å²) >= 11 is 5.73. The molecule has 0 saturated carbocycles. The van der Waals surface area contributed by atoms with Crippen LogP contribution in [-0.4, -0.2) is 14.7 Å². The van der Waals surface area contributed by atoms with E-state index >= 15 is 0 Å².